The molecular formula is C24H46O. The van der Waals surface area contributed by atoms with Gasteiger partial charge >= 0.3 is 0 Å². The van der Waals surface area contributed by atoms with E-state index in [1.807, 2.05) is 6.08 Å². The first-order chi connectivity index (χ1) is 12.4. The standard InChI is InChI=1S/C24H46O/c1-3-4-5-6-7-8-9-10-11-12-13-14-15-16-17-18-19-20-21-22-23-24-25-2/h21-24H,3-20H2,1-2H3. The number of methoxy groups -OCH3 is 1. The van der Waals surface area contributed by atoms with Crippen molar-refractivity contribution in [2.45, 2.75) is 122 Å². The topological polar surface area (TPSA) is 9.23 Å². The summed E-state index contributed by atoms with van der Waals surface area (Å²) in [7, 11) is 1.68. The molecule has 0 rings (SSSR count). The summed E-state index contributed by atoms with van der Waals surface area (Å²) in [6.45, 7) is 2.29. The van der Waals surface area contributed by atoms with Gasteiger partial charge in [-0.3, -0.25) is 0 Å². The van der Waals surface area contributed by atoms with Gasteiger partial charge < -0.3 is 4.74 Å². The van der Waals surface area contributed by atoms with Crippen molar-refractivity contribution in [1.82, 2.24) is 0 Å². The monoisotopic (exact) mass is 350 g/mol. The first-order valence-electron chi connectivity index (χ1n) is 11.3. The van der Waals surface area contributed by atoms with Crippen molar-refractivity contribution in [2.75, 3.05) is 7.11 Å². The third-order valence-electron chi connectivity index (χ3n) is 4.94. The Morgan fingerprint density at radius 2 is 0.920 bits per heavy atom. The van der Waals surface area contributed by atoms with Crippen molar-refractivity contribution in [3.8, 4) is 0 Å². The number of hydrogen-bond donors (Lipinski definition) is 0. The summed E-state index contributed by atoms with van der Waals surface area (Å²) in [6, 6.07) is 0. The molecule has 0 heterocycles. The Hall–Kier alpha value is -0.720. The molecule has 0 spiro atoms. The van der Waals surface area contributed by atoms with Crippen LogP contribution in [0.4, 0.5) is 0 Å². The molecule has 0 aliphatic carbocycles. The number of allylic oxidation sites excluding steroid dienone is 3. The molecule has 1 nitrogen and oxygen atoms in total. The number of hydrogen-bond acceptors (Lipinski definition) is 1. The Labute approximate surface area is 159 Å². The quantitative estimate of drug-likeness (QED) is 0.121. The fraction of sp³-hybridized carbons (Fsp3) is 0.833. The molecule has 0 atom stereocenters. The molecule has 0 unspecified atom stereocenters. The van der Waals surface area contributed by atoms with Crippen LogP contribution in [0.25, 0.3) is 0 Å². The van der Waals surface area contributed by atoms with E-state index in [1.165, 1.54) is 116 Å². The highest BCUT2D eigenvalue weighted by Crippen LogP contribution is 2.14. The van der Waals surface area contributed by atoms with Gasteiger partial charge in [-0.2, -0.15) is 0 Å². The molecule has 0 bridgehead atoms. The van der Waals surface area contributed by atoms with Gasteiger partial charge in [-0.15, -0.1) is 0 Å². The Bertz CT molecular complexity index is 280. The van der Waals surface area contributed by atoms with Crippen LogP contribution in [0.2, 0.25) is 0 Å². The minimum absolute atomic E-state index is 1.20. The lowest BCUT2D eigenvalue weighted by atomic mass is 10.0. The third kappa shape index (κ3) is 23.3. The molecule has 148 valence electrons. The molecule has 0 saturated heterocycles. The maximum atomic E-state index is 4.85. The van der Waals surface area contributed by atoms with Gasteiger partial charge in [0.2, 0.25) is 0 Å². The second-order valence-corrected chi connectivity index (χ2v) is 7.44. The minimum Gasteiger partial charge on any atom is -0.504 e. The zero-order valence-electron chi connectivity index (χ0n) is 17.4. The molecule has 0 N–H and O–H groups in total. The summed E-state index contributed by atoms with van der Waals surface area (Å²) in [5.74, 6) is 0. The summed E-state index contributed by atoms with van der Waals surface area (Å²) in [5, 5.41) is 0. The number of unbranched alkanes of at least 4 members (excludes halogenated alkanes) is 17. The lowest BCUT2D eigenvalue weighted by Crippen LogP contribution is -1.83. The Balaban J connectivity index is 3.03. The molecule has 0 aromatic heterocycles. The van der Waals surface area contributed by atoms with Crippen molar-refractivity contribution in [3.05, 3.63) is 24.5 Å². The molecule has 0 aromatic rings. The van der Waals surface area contributed by atoms with Gasteiger partial charge in [0.1, 0.15) is 0 Å². The second kappa shape index (κ2) is 23.3. The van der Waals surface area contributed by atoms with Gasteiger partial charge in [-0.05, 0) is 18.9 Å². The van der Waals surface area contributed by atoms with E-state index in [2.05, 4.69) is 19.1 Å². The van der Waals surface area contributed by atoms with Crippen LogP contribution in [0.1, 0.15) is 122 Å². The highest BCUT2D eigenvalue weighted by molar-refractivity contribution is 4.99. The Kier molecular flexibility index (Phi) is 22.6. The predicted octanol–water partition coefficient (Wildman–Crippen LogP) is 8.74. The van der Waals surface area contributed by atoms with E-state index in [9.17, 15) is 0 Å². The maximum Gasteiger partial charge on any atom is 0.0824 e. The predicted molar refractivity (Wildman–Crippen MR) is 114 cm³/mol. The number of rotatable bonds is 20. The smallest absolute Gasteiger partial charge is 0.0824 e. The van der Waals surface area contributed by atoms with Gasteiger partial charge in [-0.1, -0.05) is 122 Å². The summed E-state index contributed by atoms with van der Waals surface area (Å²) in [5.41, 5.74) is 0. The fourth-order valence-electron chi connectivity index (χ4n) is 3.29. The van der Waals surface area contributed by atoms with Gasteiger partial charge in [0.15, 0.2) is 0 Å². The fourth-order valence-corrected chi connectivity index (χ4v) is 3.29. The second-order valence-electron chi connectivity index (χ2n) is 7.44. The van der Waals surface area contributed by atoms with E-state index >= 15 is 0 Å². The molecule has 0 aromatic carbocycles. The molecule has 25 heavy (non-hydrogen) atoms. The van der Waals surface area contributed by atoms with E-state index < -0.39 is 0 Å². The van der Waals surface area contributed by atoms with Gasteiger partial charge in [-0.25, -0.2) is 0 Å². The number of ether oxygens (including phenoxy) is 1. The molecule has 0 amide bonds. The van der Waals surface area contributed by atoms with Crippen LogP contribution < -0.4 is 0 Å². The normalized spacial score (nSPS) is 11.8. The first kappa shape index (κ1) is 24.3. The van der Waals surface area contributed by atoms with Gasteiger partial charge in [0.05, 0.1) is 13.4 Å². The molecule has 1 heteroatoms. The van der Waals surface area contributed by atoms with Gasteiger partial charge in [0, 0.05) is 0 Å². The van der Waals surface area contributed by atoms with Gasteiger partial charge in [0.25, 0.3) is 0 Å². The van der Waals surface area contributed by atoms with Crippen molar-refractivity contribution >= 4 is 0 Å². The molecule has 0 radical (unpaired) electrons. The summed E-state index contributed by atoms with van der Waals surface area (Å²) in [6.07, 6.45) is 33.7. The van der Waals surface area contributed by atoms with Crippen LogP contribution >= 0.6 is 0 Å². The highest BCUT2D eigenvalue weighted by Gasteiger charge is 1.94. The summed E-state index contributed by atoms with van der Waals surface area (Å²) >= 11 is 0. The Morgan fingerprint density at radius 3 is 1.32 bits per heavy atom. The molecular weight excluding hydrogens is 304 g/mol. The van der Waals surface area contributed by atoms with Crippen LogP contribution in [0.15, 0.2) is 24.5 Å². The third-order valence-corrected chi connectivity index (χ3v) is 4.94. The van der Waals surface area contributed by atoms with E-state index in [0.717, 1.165) is 0 Å². The summed E-state index contributed by atoms with van der Waals surface area (Å²) < 4.78 is 4.85. The summed E-state index contributed by atoms with van der Waals surface area (Å²) in [4.78, 5) is 0. The van der Waals surface area contributed by atoms with E-state index in [4.69, 9.17) is 4.74 Å². The zero-order chi connectivity index (χ0) is 18.3. The first-order valence-corrected chi connectivity index (χ1v) is 11.3. The SMILES string of the molecule is CCCCCCCCCCCCCCCCCCCC=CC=COC. The van der Waals surface area contributed by atoms with Crippen LogP contribution in [0.5, 0.6) is 0 Å². The zero-order valence-corrected chi connectivity index (χ0v) is 17.4. The molecule has 0 saturated carbocycles. The van der Waals surface area contributed by atoms with Crippen LogP contribution in [0.3, 0.4) is 0 Å². The van der Waals surface area contributed by atoms with Crippen molar-refractivity contribution < 1.29 is 4.74 Å². The van der Waals surface area contributed by atoms with Crippen LogP contribution in [0, 0.1) is 0 Å². The Morgan fingerprint density at radius 1 is 0.520 bits per heavy atom. The lowest BCUT2D eigenvalue weighted by molar-refractivity contribution is 0.338. The van der Waals surface area contributed by atoms with E-state index in [1.54, 1.807) is 13.4 Å². The molecule has 0 aliphatic rings. The maximum absolute atomic E-state index is 4.85. The molecule has 0 aliphatic heterocycles. The average molecular weight is 351 g/mol. The van der Waals surface area contributed by atoms with Crippen LogP contribution in [-0.2, 0) is 4.74 Å². The largest absolute Gasteiger partial charge is 0.504 e. The lowest BCUT2D eigenvalue weighted by Gasteiger charge is -2.03. The van der Waals surface area contributed by atoms with Crippen LogP contribution in [-0.4, -0.2) is 7.11 Å². The average Bonchev–Trinajstić information content (AvgIpc) is 2.63. The van der Waals surface area contributed by atoms with E-state index in [0.29, 0.717) is 0 Å². The van der Waals surface area contributed by atoms with E-state index in [-0.39, 0.29) is 0 Å². The van der Waals surface area contributed by atoms with Crippen molar-refractivity contribution in [3.63, 3.8) is 0 Å². The van der Waals surface area contributed by atoms with Crippen molar-refractivity contribution in [1.29, 1.82) is 0 Å². The van der Waals surface area contributed by atoms with Crippen molar-refractivity contribution in [2.24, 2.45) is 0 Å². The highest BCUT2D eigenvalue weighted by atomic mass is 16.5. The minimum atomic E-state index is 1.20. The molecule has 0 fully saturated rings.